The van der Waals surface area contributed by atoms with Crippen LogP contribution in [0, 0.1) is 18.6 Å². The minimum Gasteiger partial charge on any atom is -0.443 e. The van der Waals surface area contributed by atoms with Crippen LogP contribution >= 0.6 is 0 Å². The normalized spacial score (nSPS) is 22.3. The summed E-state index contributed by atoms with van der Waals surface area (Å²) in [6.07, 6.45) is -1.13. The third-order valence-electron chi connectivity index (χ3n) is 2.69. The van der Waals surface area contributed by atoms with Gasteiger partial charge in [0.05, 0.1) is 5.56 Å². The third-order valence-corrected chi connectivity index (χ3v) is 2.69. The highest BCUT2D eigenvalue weighted by Crippen LogP contribution is 2.37. The maximum absolute atomic E-state index is 13.8. The summed E-state index contributed by atoms with van der Waals surface area (Å²) in [4.78, 5) is 10.9. The van der Waals surface area contributed by atoms with E-state index in [1.807, 2.05) is 0 Å². The second-order valence-electron chi connectivity index (χ2n) is 4.01. The first-order valence-electron chi connectivity index (χ1n) is 5.08. The average molecular weight is 263 g/mol. The zero-order chi connectivity index (χ0) is 13.5. The van der Waals surface area contributed by atoms with E-state index in [-0.39, 0.29) is 5.56 Å². The van der Waals surface area contributed by atoms with E-state index in [1.54, 1.807) is 5.32 Å². The molecule has 2 rings (SSSR count). The van der Waals surface area contributed by atoms with Crippen molar-refractivity contribution in [2.45, 2.75) is 18.9 Å². The highest BCUT2D eigenvalue weighted by Gasteiger charge is 2.49. The number of hydrogen-bond donors (Lipinski definition) is 1. The molecule has 0 saturated carbocycles. The summed E-state index contributed by atoms with van der Waals surface area (Å²) in [6, 6.07) is -0.0579. The fourth-order valence-corrected chi connectivity index (χ4v) is 1.74. The van der Waals surface area contributed by atoms with Crippen LogP contribution in [0.3, 0.4) is 0 Å². The van der Waals surface area contributed by atoms with E-state index in [9.17, 15) is 22.4 Å². The molecule has 0 aromatic heterocycles. The molecule has 1 aromatic carbocycles. The van der Waals surface area contributed by atoms with Crippen LogP contribution < -0.4 is 5.32 Å². The Hall–Kier alpha value is -1.79. The SMILES string of the molecule is Cc1ccc(F)c([C@@H]2NC(=O)OCC2(F)F)c1F. The van der Waals surface area contributed by atoms with Crippen molar-refractivity contribution in [3.05, 3.63) is 34.9 Å². The largest absolute Gasteiger partial charge is 0.443 e. The summed E-state index contributed by atoms with van der Waals surface area (Å²) in [5, 5.41) is 1.74. The van der Waals surface area contributed by atoms with Crippen molar-refractivity contribution in [2.75, 3.05) is 6.61 Å². The van der Waals surface area contributed by atoms with Crippen LogP contribution in [-0.4, -0.2) is 18.6 Å². The summed E-state index contributed by atoms with van der Waals surface area (Å²) in [7, 11) is 0. The monoisotopic (exact) mass is 263 g/mol. The molecular weight excluding hydrogens is 254 g/mol. The second kappa shape index (κ2) is 4.15. The summed E-state index contributed by atoms with van der Waals surface area (Å²) >= 11 is 0. The number of rotatable bonds is 1. The quantitative estimate of drug-likeness (QED) is 0.791. The summed E-state index contributed by atoms with van der Waals surface area (Å²) in [5.74, 6) is -5.81. The average Bonchev–Trinajstić information content (AvgIpc) is 2.29. The summed E-state index contributed by atoms with van der Waals surface area (Å²) in [5.41, 5.74) is -0.834. The standard InChI is InChI=1S/C11H9F4NO2/c1-5-2-3-6(12)7(8(5)13)9-11(14,15)4-18-10(17)16-9/h2-3,9H,4H2,1H3,(H,16,17)/t9-/m0/s1. The minimum atomic E-state index is -3.58. The maximum atomic E-state index is 13.8. The highest BCUT2D eigenvalue weighted by atomic mass is 19.3. The predicted octanol–water partition coefficient (Wildman–Crippen LogP) is 2.69. The van der Waals surface area contributed by atoms with Crippen LogP contribution in [0.15, 0.2) is 12.1 Å². The number of hydrogen-bond acceptors (Lipinski definition) is 2. The third kappa shape index (κ3) is 2.00. The number of nitrogens with one attached hydrogen (secondary N) is 1. The Labute approximate surface area is 99.7 Å². The van der Waals surface area contributed by atoms with Crippen molar-refractivity contribution in [2.24, 2.45) is 0 Å². The molecule has 0 spiro atoms. The maximum Gasteiger partial charge on any atom is 0.408 e. The molecule has 18 heavy (non-hydrogen) atoms. The molecule has 0 unspecified atom stereocenters. The molecule has 1 saturated heterocycles. The predicted molar refractivity (Wildman–Crippen MR) is 53.3 cm³/mol. The molecule has 1 atom stereocenters. The molecule has 1 N–H and O–H groups in total. The van der Waals surface area contributed by atoms with E-state index in [1.165, 1.54) is 6.92 Å². The molecule has 1 amide bonds. The topological polar surface area (TPSA) is 38.3 Å². The lowest BCUT2D eigenvalue weighted by molar-refractivity contribution is -0.105. The van der Waals surface area contributed by atoms with Gasteiger partial charge in [0, 0.05) is 0 Å². The van der Waals surface area contributed by atoms with Gasteiger partial charge >= 0.3 is 12.0 Å². The summed E-state index contributed by atoms with van der Waals surface area (Å²) in [6.45, 7) is 0.105. The van der Waals surface area contributed by atoms with Crippen LogP contribution in [0.5, 0.6) is 0 Å². The van der Waals surface area contributed by atoms with Gasteiger partial charge in [-0.1, -0.05) is 6.07 Å². The Kier molecular flexibility index (Phi) is 2.92. The van der Waals surface area contributed by atoms with Gasteiger partial charge in [-0.2, -0.15) is 0 Å². The number of carbonyl (C=O) groups is 1. The molecule has 0 radical (unpaired) electrons. The lowest BCUT2D eigenvalue weighted by Crippen LogP contribution is -2.50. The van der Waals surface area contributed by atoms with Crippen LogP contribution in [0.4, 0.5) is 22.4 Å². The molecule has 1 aromatic rings. The van der Waals surface area contributed by atoms with Crippen molar-refractivity contribution in [1.29, 1.82) is 0 Å². The number of carbonyl (C=O) groups excluding carboxylic acids is 1. The smallest absolute Gasteiger partial charge is 0.408 e. The van der Waals surface area contributed by atoms with E-state index < -0.39 is 41.9 Å². The lowest BCUT2D eigenvalue weighted by Gasteiger charge is -2.32. The van der Waals surface area contributed by atoms with Crippen LogP contribution in [0.25, 0.3) is 0 Å². The van der Waals surface area contributed by atoms with Crippen molar-refractivity contribution < 1.29 is 27.1 Å². The van der Waals surface area contributed by atoms with E-state index in [0.29, 0.717) is 0 Å². The van der Waals surface area contributed by atoms with Gasteiger partial charge in [0.2, 0.25) is 0 Å². The van der Waals surface area contributed by atoms with Gasteiger partial charge in [-0.3, -0.25) is 0 Å². The van der Waals surface area contributed by atoms with Crippen molar-refractivity contribution >= 4 is 6.09 Å². The van der Waals surface area contributed by atoms with E-state index in [2.05, 4.69) is 4.74 Å². The number of ether oxygens (including phenoxy) is 1. The van der Waals surface area contributed by atoms with E-state index >= 15 is 0 Å². The Balaban J connectivity index is 2.52. The number of benzene rings is 1. The first-order chi connectivity index (χ1) is 8.33. The Morgan fingerprint density at radius 2 is 2.06 bits per heavy atom. The zero-order valence-electron chi connectivity index (χ0n) is 9.27. The molecule has 0 bridgehead atoms. The van der Waals surface area contributed by atoms with Gasteiger partial charge in [0.25, 0.3) is 0 Å². The van der Waals surface area contributed by atoms with Crippen molar-refractivity contribution in [3.63, 3.8) is 0 Å². The molecule has 1 aliphatic rings. The van der Waals surface area contributed by atoms with Gasteiger partial charge in [-0.15, -0.1) is 0 Å². The van der Waals surface area contributed by atoms with Crippen LogP contribution in [0.1, 0.15) is 17.2 Å². The molecule has 1 heterocycles. The molecular formula is C11H9F4NO2. The first-order valence-corrected chi connectivity index (χ1v) is 5.08. The van der Waals surface area contributed by atoms with Crippen LogP contribution in [0.2, 0.25) is 0 Å². The number of amides is 1. The molecule has 1 fully saturated rings. The number of aryl methyl sites for hydroxylation is 1. The molecule has 3 nitrogen and oxygen atoms in total. The number of halogens is 4. The van der Waals surface area contributed by atoms with Gasteiger partial charge in [0.15, 0.2) is 6.61 Å². The lowest BCUT2D eigenvalue weighted by atomic mass is 9.97. The van der Waals surface area contributed by atoms with E-state index in [0.717, 1.165) is 12.1 Å². The first kappa shape index (κ1) is 12.7. The Morgan fingerprint density at radius 3 is 2.72 bits per heavy atom. The van der Waals surface area contributed by atoms with Gasteiger partial charge in [-0.25, -0.2) is 22.4 Å². The number of alkyl halides is 2. The number of cyclic esters (lactones) is 1. The Morgan fingerprint density at radius 1 is 1.39 bits per heavy atom. The van der Waals surface area contributed by atoms with Gasteiger partial charge < -0.3 is 10.1 Å². The minimum absolute atomic E-state index is 0.0166. The zero-order valence-corrected chi connectivity index (χ0v) is 9.27. The van der Waals surface area contributed by atoms with Gasteiger partial charge in [0.1, 0.15) is 17.7 Å². The Bertz CT molecular complexity index is 504. The summed E-state index contributed by atoms with van der Waals surface area (Å²) < 4.78 is 58.5. The molecule has 98 valence electrons. The number of alkyl carbamates (subject to hydrolysis) is 1. The van der Waals surface area contributed by atoms with Crippen molar-refractivity contribution in [3.8, 4) is 0 Å². The second-order valence-corrected chi connectivity index (χ2v) is 4.01. The highest BCUT2D eigenvalue weighted by molar-refractivity contribution is 5.69. The van der Waals surface area contributed by atoms with Crippen LogP contribution in [-0.2, 0) is 4.74 Å². The van der Waals surface area contributed by atoms with Crippen molar-refractivity contribution in [1.82, 2.24) is 5.32 Å². The molecule has 7 heteroatoms. The molecule has 1 aliphatic heterocycles. The molecule has 0 aliphatic carbocycles. The van der Waals surface area contributed by atoms with Gasteiger partial charge in [-0.05, 0) is 18.6 Å². The van der Waals surface area contributed by atoms with E-state index in [4.69, 9.17) is 0 Å². The fraction of sp³-hybridized carbons (Fsp3) is 0.364. The fourth-order valence-electron chi connectivity index (χ4n) is 1.74.